The second kappa shape index (κ2) is 7.07. The molecule has 1 atom stereocenters. The average molecular weight is 379 g/mol. The van der Waals surface area contributed by atoms with E-state index >= 15 is 0 Å². The van der Waals surface area contributed by atoms with Crippen molar-refractivity contribution in [2.24, 2.45) is 0 Å². The number of likely N-dealkylation sites (tertiary alicyclic amines) is 1. The highest BCUT2D eigenvalue weighted by atomic mass is 16.7. The summed E-state index contributed by atoms with van der Waals surface area (Å²) in [6.45, 7) is 1.63. The molecule has 1 N–H and O–H groups in total. The summed E-state index contributed by atoms with van der Waals surface area (Å²) >= 11 is 0. The van der Waals surface area contributed by atoms with Gasteiger partial charge >= 0.3 is 0 Å². The lowest BCUT2D eigenvalue weighted by molar-refractivity contribution is -0.134. The number of hydrogen-bond acceptors (Lipinski definition) is 5. The zero-order valence-corrected chi connectivity index (χ0v) is 15.4. The largest absolute Gasteiger partial charge is 0.484 e. The topological polar surface area (TPSA) is 76.7 Å². The molecule has 28 heavy (non-hydrogen) atoms. The highest BCUT2D eigenvalue weighted by Gasteiger charge is 2.27. The number of amides is 1. The van der Waals surface area contributed by atoms with Crippen molar-refractivity contribution < 1.29 is 19.0 Å². The first-order chi connectivity index (χ1) is 13.8. The Labute approximate surface area is 162 Å². The summed E-state index contributed by atoms with van der Waals surface area (Å²) in [6, 6.07) is 13.3. The fourth-order valence-electron chi connectivity index (χ4n) is 3.80. The molecule has 0 radical (unpaired) electrons. The third kappa shape index (κ3) is 3.24. The third-order valence-corrected chi connectivity index (χ3v) is 5.27. The van der Waals surface area contributed by atoms with Crippen LogP contribution in [0.1, 0.15) is 24.6 Å². The summed E-state index contributed by atoms with van der Waals surface area (Å²) < 4.78 is 16.3. The zero-order chi connectivity index (χ0) is 18.9. The minimum Gasteiger partial charge on any atom is -0.484 e. The third-order valence-electron chi connectivity index (χ3n) is 5.27. The Hall–Kier alpha value is -3.22. The van der Waals surface area contributed by atoms with Crippen LogP contribution >= 0.6 is 0 Å². The van der Waals surface area contributed by atoms with Crippen LogP contribution in [0.2, 0.25) is 0 Å². The van der Waals surface area contributed by atoms with Crippen molar-refractivity contribution in [2.45, 2.75) is 18.8 Å². The number of H-pyrrole nitrogens is 1. The number of carbonyl (C=O) groups excluding carboxylic acids is 1. The second-order valence-electron chi connectivity index (χ2n) is 7.12. The van der Waals surface area contributed by atoms with Crippen LogP contribution in [-0.4, -0.2) is 47.3 Å². The van der Waals surface area contributed by atoms with Gasteiger partial charge in [0.2, 0.25) is 6.79 Å². The maximum absolute atomic E-state index is 12.7. The molecule has 3 aromatic rings. The number of fused-ring (bicyclic) bond motifs is 2. The van der Waals surface area contributed by atoms with Gasteiger partial charge in [0.25, 0.3) is 5.91 Å². The molecule has 7 heteroatoms. The van der Waals surface area contributed by atoms with Crippen molar-refractivity contribution in [3.8, 4) is 17.2 Å². The first-order valence-corrected chi connectivity index (χ1v) is 9.51. The molecule has 1 saturated heterocycles. The molecule has 2 aliphatic heterocycles. The molecule has 2 aromatic carbocycles. The Morgan fingerprint density at radius 2 is 2.11 bits per heavy atom. The molecule has 1 aromatic heterocycles. The van der Waals surface area contributed by atoms with Crippen molar-refractivity contribution in [1.82, 2.24) is 14.9 Å². The van der Waals surface area contributed by atoms with Crippen LogP contribution in [0.25, 0.3) is 11.0 Å². The molecule has 3 heterocycles. The van der Waals surface area contributed by atoms with E-state index in [4.69, 9.17) is 19.2 Å². The van der Waals surface area contributed by atoms with E-state index in [1.807, 2.05) is 29.2 Å². The van der Waals surface area contributed by atoms with Gasteiger partial charge in [-0.2, -0.15) is 0 Å². The molecule has 1 unspecified atom stereocenters. The Balaban J connectivity index is 1.22. The van der Waals surface area contributed by atoms with E-state index in [1.165, 1.54) is 0 Å². The summed E-state index contributed by atoms with van der Waals surface area (Å²) in [5.41, 5.74) is 2.00. The van der Waals surface area contributed by atoms with E-state index in [9.17, 15) is 4.79 Å². The molecule has 0 saturated carbocycles. The number of aromatic amines is 1. The molecule has 1 fully saturated rings. The van der Waals surface area contributed by atoms with Crippen LogP contribution in [0, 0.1) is 0 Å². The number of piperidine rings is 1. The van der Waals surface area contributed by atoms with Crippen molar-refractivity contribution in [3.05, 3.63) is 48.3 Å². The average Bonchev–Trinajstić information content (AvgIpc) is 3.38. The molecule has 7 nitrogen and oxygen atoms in total. The molecule has 5 rings (SSSR count). The number of ether oxygens (including phenoxy) is 3. The number of nitrogens with one attached hydrogen (secondary N) is 1. The van der Waals surface area contributed by atoms with Crippen LogP contribution in [0.5, 0.6) is 17.2 Å². The summed E-state index contributed by atoms with van der Waals surface area (Å²) in [5.74, 6) is 3.10. The first kappa shape index (κ1) is 16.9. The lowest BCUT2D eigenvalue weighted by Gasteiger charge is -2.31. The maximum atomic E-state index is 12.7. The van der Waals surface area contributed by atoms with Gasteiger partial charge in [0.15, 0.2) is 18.1 Å². The number of para-hydroxylation sites is 2. The Morgan fingerprint density at radius 3 is 3.04 bits per heavy atom. The van der Waals surface area contributed by atoms with Crippen LogP contribution in [0.15, 0.2) is 42.5 Å². The normalized spacial score (nSPS) is 18.4. The Bertz CT molecular complexity index is 983. The molecule has 0 spiro atoms. The molecule has 144 valence electrons. The number of nitrogens with zero attached hydrogens (tertiary/aromatic N) is 2. The van der Waals surface area contributed by atoms with Crippen LogP contribution < -0.4 is 14.2 Å². The molecule has 2 aliphatic rings. The van der Waals surface area contributed by atoms with Gasteiger partial charge in [-0.1, -0.05) is 12.1 Å². The number of carbonyl (C=O) groups is 1. The monoisotopic (exact) mass is 379 g/mol. The van der Waals surface area contributed by atoms with Crippen molar-refractivity contribution in [3.63, 3.8) is 0 Å². The lowest BCUT2D eigenvalue weighted by atomic mass is 9.97. The summed E-state index contributed by atoms with van der Waals surface area (Å²) in [6.07, 6.45) is 1.98. The molecule has 0 aliphatic carbocycles. The number of rotatable bonds is 4. The Kier molecular flexibility index (Phi) is 4.27. The van der Waals surface area contributed by atoms with Gasteiger partial charge in [0.05, 0.1) is 11.0 Å². The minimum atomic E-state index is -0.0153. The van der Waals surface area contributed by atoms with Gasteiger partial charge in [-0.3, -0.25) is 4.79 Å². The highest BCUT2D eigenvalue weighted by Crippen LogP contribution is 2.35. The number of hydrogen-bond donors (Lipinski definition) is 1. The van der Waals surface area contributed by atoms with E-state index in [1.54, 1.807) is 18.2 Å². The quantitative estimate of drug-likeness (QED) is 0.754. The molecular weight excluding hydrogens is 358 g/mol. The summed E-state index contributed by atoms with van der Waals surface area (Å²) in [4.78, 5) is 22.6. The zero-order valence-electron chi connectivity index (χ0n) is 15.4. The van der Waals surface area contributed by atoms with E-state index < -0.39 is 0 Å². The van der Waals surface area contributed by atoms with E-state index in [2.05, 4.69) is 4.98 Å². The predicted octanol–water partition coefficient (Wildman–Crippen LogP) is 3.08. The lowest BCUT2D eigenvalue weighted by Crippen LogP contribution is -2.41. The molecule has 0 bridgehead atoms. The van der Waals surface area contributed by atoms with E-state index in [0.717, 1.165) is 36.2 Å². The van der Waals surface area contributed by atoms with Crippen LogP contribution in [0.4, 0.5) is 0 Å². The summed E-state index contributed by atoms with van der Waals surface area (Å²) in [5, 5.41) is 0. The SMILES string of the molecule is O=C(COc1ccc2c(c1)OCO2)N1CCCC(c2nc3ccccc3[nH]2)C1. The fourth-order valence-corrected chi connectivity index (χ4v) is 3.80. The standard InChI is InChI=1S/C21H21N3O4/c25-20(12-26-15-7-8-18-19(10-15)28-13-27-18)24-9-3-4-14(11-24)21-22-16-5-1-2-6-17(16)23-21/h1-2,5-8,10,14H,3-4,9,11-13H2,(H,22,23). The number of aromatic nitrogens is 2. The van der Waals surface area contributed by atoms with Crippen molar-refractivity contribution in [2.75, 3.05) is 26.5 Å². The van der Waals surface area contributed by atoms with Gasteiger partial charge < -0.3 is 24.1 Å². The Morgan fingerprint density at radius 1 is 1.21 bits per heavy atom. The fraction of sp³-hybridized carbons (Fsp3) is 0.333. The van der Waals surface area contributed by atoms with Gasteiger partial charge in [-0.25, -0.2) is 4.98 Å². The highest BCUT2D eigenvalue weighted by molar-refractivity contribution is 5.78. The molecule has 1 amide bonds. The number of imidazole rings is 1. The van der Waals surface area contributed by atoms with Crippen LogP contribution in [0.3, 0.4) is 0 Å². The number of benzene rings is 2. The molecular formula is C21H21N3O4. The van der Waals surface area contributed by atoms with Crippen LogP contribution in [-0.2, 0) is 4.79 Å². The first-order valence-electron chi connectivity index (χ1n) is 9.51. The van der Waals surface area contributed by atoms with E-state index in [0.29, 0.717) is 23.8 Å². The second-order valence-corrected chi connectivity index (χ2v) is 7.12. The van der Waals surface area contributed by atoms with Crippen molar-refractivity contribution >= 4 is 16.9 Å². The van der Waals surface area contributed by atoms with E-state index in [-0.39, 0.29) is 25.2 Å². The maximum Gasteiger partial charge on any atom is 0.260 e. The van der Waals surface area contributed by atoms with Gasteiger partial charge in [-0.05, 0) is 37.1 Å². The predicted molar refractivity (Wildman–Crippen MR) is 103 cm³/mol. The smallest absolute Gasteiger partial charge is 0.260 e. The minimum absolute atomic E-state index is 0.00644. The van der Waals surface area contributed by atoms with Crippen molar-refractivity contribution in [1.29, 1.82) is 0 Å². The van der Waals surface area contributed by atoms with Gasteiger partial charge in [-0.15, -0.1) is 0 Å². The van der Waals surface area contributed by atoms with Gasteiger partial charge in [0.1, 0.15) is 11.6 Å². The summed E-state index contributed by atoms with van der Waals surface area (Å²) in [7, 11) is 0. The van der Waals surface area contributed by atoms with Gasteiger partial charge in [0, 0.05) is 25.1 Å².